The fraction of sp³-hybridized carbons (Fsp3) is 0.514. The average Bonchev–Trinajstić information content (AvgIpc) is 3.99. The third kappa shape index (κ3) is 4.68. The SMILES string of the molecule is CCCc1ccc(-c2noc(C3CC3)c2COC2C3CC4CC5CC5(C32)N4c2ccc3c(C(=O)OC)nsc3c2)c(OC(F)(F)F)c1. The van der Waals surface area contributed by atoms with Crippen LogP contribution in [-0.4, -0.2) is 46.7 Å². The van der Waals surface area contributed by atoms with Crippen LogP contribution in [0.4, 0.5) is 18.9 Å². The molecule has 2 bridgehead atoms. The van der Waals surface area contributed by atoms with Crippen molar-refractivity contribution in [2.45, 2.75) is 88.4 Å². The molecule has 2 aromatic heterocycles. The number of carbonyl (C=O) groups is 1. The summed E-state index contributed by atoms with van der Waals surface area (Å²) in [4.78, 5) is 14.8. The van der Waals surface area contributed by atoms with Gasteiger partial charge in [0.2, 0.25) is 0 Å². The van der Waals surface area contributed by atoms with Gasteiger partial charge in [-0.05, 0) is 97.8 Å². The van der Waals surface area contributed by atoms with Crippen LogP contribution in [0.25, 0.3) is 21.3 Å². The first kappa shape index (κ1) is 29.5. The number of benzene rings is 2. The highest BCUT2D eigenvalue weighted by Crippen LogP contribution is 2.75. The molecule has 3 aliphatic carbocycles. The number of nitrogens with zero attached hydrogens (tertiary/aromatic N) is 3. The van der Waals surface area contributed by atoms with E-state index in [0.29, 0.717) is 47.4 Å². The maximum Gasteiger partial charge on any atom is 0.573 e. The second-order valence-corrected chi connectivity index (χ2v) is 14.6. The summed E-state index contributed by atoms with van der Waals surface area (Å²) < 4.78 is 67.8. The maximum atomic E-state index is 13.5. The third-order valence-electron chi connectivity index (χ3n) is 11.1. The monoisotopic (exact) mass is 665 g/mol. The summed E-state index contributed by atoms with van der Waals surface area (Å²) in [6.45, 7) is 2.22. The molecule has 9 rings (SSSR count). The van der Waals surface area contributed by atoms with Gasteiger partial charge in [-0.2, -0.15) is 4.37 Å². The average molecular weight is 666 g/mol. The predicted octanol–water partition coefficient (Wildman–Crippen LogP) is 8.04. The number of halogens is 3. The second kappa shape index (κ2) is 10.4. The number of anilines is 1. The summed E-state index contributed by atoms with van der Waals surface area (Å²) in [5.74, 6) is 1.70. The van der Waals surface area contributed by atoms with E-state index in [0.717, 1.165) is 59.0 Å². The van der Waals surface area contributed by atoms with Gasteiger partial charge in [0.1, 0.15) is 17.2 Å². The van der Waals surface area contributed by atoms with Crippen molar-refractivity contribution in [2.24, 2.45) is 17.8 Å². The number of aromatic nitrogens is 2. The first-order valence-corrected chi connectivity index (χ1v) is 17.2. The molecule has 6 atom stereocenters. The van der Waals surface area contributed by atoms with Crippen molar-refractivity contribution in [3.63, 3.8) is 0 Å². The van der Waals surface area contributed by atoms with E-state index in [9.17, 15) is 18.0 Å². The summed E-state index contributed by atoms with van der Waals surface area (Å²) in [7, 11) is 1.37. The van der Waals surface area contributed by atoms with E-state index < -0.39 is 12.3 Å². The Bertz CT molecular complexity index is 1900. The van der Waals surface area contributed by atoms with Crippen molar-refractivity contribution >= 4 is 33.3 Å². The molecule has 47 heavy (non-hydrogen) atoms. The van der Waals surface area contributed by atoms with Crippen LogP contribution in [-0.2, 0) is 22.5 Å². The van der Waals surface area contributed by atoms with Gasteiger partial charge in [0.15, 0.2) is 5.69 Å². The minimum absolute atomic E-state index is 0.0570. The number of alkyl halides is 3. The molecule has 6 unspecified atom stereocenters. The number of hydrogen-bond acceptors (Lipinski definition) is 9. The Morgan fingerprint density at radius 1 is 1.17 bits per heavy atom. The van der Waals surface area contributed by atoms with Crippen molar-refractivity contribution in [1.82, 2.24) is 9.53 Å². The zero-order valence-corrected chi connectivity index (χ0v) is 26.8. The molecule has 8 nitrogen and oxygen atoms in total. The normalized spacial score (nSPS) is 28.7. The molecule has 246 valence electrons. The molecule has 5 aliphatic rings. The zero-order chi connectivity index (χ0) is 32.2. The van der Waals surface area contributed by atoms with E-state index >= 15 is 0 Å². The van der Waals surface area contributed by atoms with Gasteiger partial charge >= 0.3 is 12.3 Å². The number of rotatable bonds is 10. The molecular formula is C35H34F3N3O5S. The minimum Gasteiger partial charge on any atom is -0.464 e. The summed E-state index contributed by atoms with van der Waals surface area (Å²) in [5, 5.41) is 5.12. The van der Waals surface area contributed by atoms with Crippen LogP contribution in [0.1, 0.15) is 78.7 Å². The van der Waals surface area contributed by atoms with Crippen molar-refractivity contribution < 1.29 is 36.7 Å². The van der Waals surface area contributed by atoms with Crippen LogP contribution < -0.4 is 9.64 Å². The van der Waals surface area contributed by atoms with Gasteiger partial charge in [0.05, 0.1) is 24.5 Å². The number of carbonyl (C=O) groups excluding carboxylic acids is 1. The third-order valence-corrected chi connectivity index (χ3v) is 11.9. The molecule has 2 saturated heterocycles. The number of aryl methyl sites for hydroxylation is 1. The van der Waals surface area contributed by atoms with E-state index in [1.54, 1.807) is 6.07 Å². The first-order valence-electron chi connectivity index (χ1n) is 16.5. The number of methoxy groups -OCH3 is 1. The van der Waals surface area contributed by atoms with E-state index in [-0.39, 0.29) is 35.5 Å². The Labute approximate surface area is 273 Å². The number of esters is 1. The van der Waals surface area contributed by atoms with Crippen LogP contribution in [0.3, 0.4) is 0 Å². The number of ether oxygens (including phenoxy) is 3. The van der Waals surface area contributed by atoms with Gasteiger partial charge in [0, 0.05) is 45.6 Å². The van der Waals surface area contributed by atoms with Crippen LogP contribution in [0.2, 0.25) is 0 Å². The van der Waals surface area contributed by atoms with Gasteiger partial charge < -0.3 is 23.6 Å². The summed E-state index contributed by atoms with van der Waals surface area (Å²) >= 11 is 1.32. The molecule has 0 amide bonds. The van der Waals surface area contributed by atoms with Crippen molar-refractivity contribution in [3.05, 3.63) is 59.0 Å². The summed E-state index contributed by atoms with van der Waals surface area (Å²) in [6, 6.07) is 11.6. The lowest BCUT2D eigenvalue weighted by molar-refractivity contribution is -0.274. The Kier molecular flexibility index (Phi) is 6.54. The molecule has 0 N–H and O–H groups in total. The van der Waals surface area contributed by atoms with Crippen molar-refractivity contribution in [3.8, 4) is 17.0 Å². The fourth-order valence-electron chi connectivity index (χ4n) is 8.99. The lowest BCUT2D eigenvalue weighted by Crippen LogP contribution is -2.46. The minimum atomic E-state index is -4.83. The smallest absolute Gasteiger partial charge is 0.464 e. The second-order valence-electron chi connectivity index (χ2n) is 13.8. The molecule has 2 aromatic carbocycles. The number of hydrogen-bond donors (Lipinski definition) is 0. The lowest BCUT2D eigenvalue weighted by atomic mass is 9.96. The first-order chi connectivity index (χ1) is 22.7. The van der Waals surface area contributed by atoms with Gasteiger partial charge in [-0.1, -0.05) is 24.6 Å². The van der Waals surface area contributed by atoms with E-state index in [4.69, 9.17) is 14.0 Å². The zero-order valence-electron chi connectivity index (χ0n) is 26.0. The molecule has 2 aliphatic heterocycles. The van der Waals surface area contributed by atoms with Crippen LogP contribution in [0.5, 0.6) is 5.75 Å². The molecule has 3 saturated carbocycles. The highest BCUT2D eigenvalue weighted by molar-refractivity contribution is 7.13. The molecule has 1 spiro atoms. The molecule has 12 heteroatoms. The van der Waals surface area contributed by atoms with E-state index in [1.165, 1.54) is 31.1 Å². The maximum absolute atomic E-state index is 13.5. The van der Waals surface area contributed by atoms with E-state index in [1.807, 2.05) is 19.1 Å². The number of piperidine rings is 2. The van der Waals surface area contributed by atoms with Crippen LogP contribution >= 0.6 is 11.5 Å². The van der Waals surface area contributed by atoms with Gasteiger partial charge in [-0.25, -0.2) is 4.79 Å². The predicted molar refractivity (Wildman–Crippen MR) is 167 cm³/mol. The lowest BCUT2D eigenvalue weighted by Gasteiger charge is -2.40. The Hall–Kier alpha value is -3.64. The highest BCUT2D eigenvalue weighted by Gasteiger charge is 2.80. The van der Waals surface area contributed by atoms with Crippen molar-refractivity contribution in [2.75, 3.05) is 12.0 Å². The van der Waals surface area contributed by atoms with Crippen molar-refractivity contribution in [1.29, 1.82) is 0 Å². The quantitative estimate of drug-likeness (QED) is 0.157. The molecule has 4 heterocycles. The standard InChI is InChI=1S/C35H34F3N3O5S/c1-3-4-17-5-9-22(26(11-17)45-35(36,37)38)29-25(31(46-39-29)18-6-7-18)16-44-32-24-13-21-12-19-15-34(19,28(24)32)41(21)20-8-10-23-27(14-20)47-40-30(23)33(42)43-2/h5,8-11,14,18-19,21,24,28,32H,3-4,6-7,12-13,15-16H2,1-2H3. The molecule has 4 aromatic rings. The molecule has 0 radical (unpaired) electrons. The van der Waals surface area contributed by atoms with Gasteiger partial charge in [-0.15, -0.1) is 13.2 Å². The number of fused-ring (bicyclic) bond motifs is 3. The molecular weight excluding hydrogens is 631 g/mol. The van der Waals surface area contributed by atoms with Gasteiger partial charge in [-0.3, -0.25) is 0 Å². The Morgan fingerprint density at radius 2 is 2.02 bits per heavy atom. The summed E-state index contributed by atoms with van der Waals surface area (Å²) in [5.41, 5.74) is 3.71. The topological polar surface area (TPSA) is 86.9 Å². The molecule has 5 fully saturated rings. The Morgan fingerprint density at radius 3 is 2.79 bits per heavy atom. The van der Waals surface area contributed by atoms with E-state index in [2.05, 4.69) is 31.3 Å². The highest BCUT2D eigenvalue weighted by atomic mass is 32.1. The largest absolute Gasteiger partial charge is 0.573 e. The van der Waals surface area contributed by atoms with Crippen LogP contribution in [0.15, 0.2) is 40.9 Å². The fourth-order valence-corrected chi connectivity index (χ4v) is 9.79. The Balaban J connectivity index is 0.984. The van der Waals surface area contributed by atoms with Gasteiger partial charge in [0.25, 0.3) is 0 Å². The van der Waals surface area contributed by atoms with Crippen LogP contribution in [0, 0.1) is 17.8 Å². The summed E-state index contributed by atoms with van der Waals surface area (Å²) in [6.07, 6.45) is 1.96.